The number of nitrogens with zero attached hydrogens (tertiary/aromatic N) is 8. The molecule has 0 amide bonds. The van der Waals surface area contributed by atoms with E-state index in [0.717, 1.165) is 0 Å². The molecule has 6 heterocycles. The zero-order chi connectivity index (χ0) is 29.1. The van der Waals surface area contributed by atoms with Gasteiger partial charge in [-0.25, -0.2) is 34.5 Å². The van der Waals surface area contributed by atoms with Crippen LogP contribution in [0.4, 0.5) is 11.6 Å². The van der Waals surface area contributed by atoms with Gasteiger partial charge in [0.15, 0.2) is 35.4 Å². The summed E-state index contributed by atoms with van der Waals surface area (Å²) in [7, 11) is -4.80. The van der Waals surface area contributed by atoms with Crippen LogP contribution in [0.3, 0.4) is 0 Å². The molecule has 220 valence electrons. The molecule has 2 saturated heterocycles. The van der Waals surface area contributed by atoms with Crippen LogP contribution >= 0.6 is 7.82 Å². The summed E-state index contributed by atoms with van der Waals surface area (Å²) in [6.45, 7) is -1.32. The number of phosphoric ester groups is 1. The molecular formula is C20H25N10O10P. The Hall–Kier alpha value is -3.43. The van der Waals surface area contributed by atoms with Crippen molar-refractivity contribution >= 4 is 41.8 Å². The van der Waals surface area contributed by atoms with E-state index >= 15 is 0 Å². The van der Waals surface area contributed by atoms with E-state index in [1.54, 1.807) is 0 Å². The van der Waals surface area contributed by atoms with E-state index in [1.807, 2.05) is 0 Å². The molecule has 2 aliphatic heterocycles. The number of aliphatic hydroxyl groups is 4. The van der Waals surface area contributed by atoms with Crippen molar-refractivity contribution in [3.8, 4) is 0 Å². The topological polar surface area (TPSA) is 294 Å². The van der Waals surface area contributed by atoms with Crippen LogP contribution in [-0.2, 0) is 23.1 Å². The van der Waals surface area contributed by atoms with Gasteiger partial charge in [0.1, 0.15) is 60.3 Å². The zero-order valence-electron chi connectivity index (χ0n) is 20.8. The van der Waals surface area contributed by atoms with Gasteiger partial charge in [-0.05, 0) is 0 Å². The maximum Gasteiger partial charge on any atom is 0.472 e. The molecule has 0 aliphatic carbocycles. The van der Waals surface area contributed by atoms with Crippen molar-refractivity contribution in [3.63, 3.8) is 0 Å². The molecule has 9 atom stereocenters. The number of hydrogen-bond donors (Lipinski definition) is 7. The Morgan fingerprint density at radius 1 is 0.732 bits per heavy atom. The zero-order valence-corrected chi connectivity index (χ0v) is 21.7. The molecule has 2 fully saturated rings. The number of anilines is 2. The lowest BCUT2D eigenvalue weighted by molar-refractivity contribution is -0.0608. The van der Waals surface area contributed by atoms with Gasteiger partial charge in [-0.1, -0.05) is 0 Å². The quantitative estimate of drug-likeness (QED) is 0.101. The van der Waals surface area contributed by atoms with Crippen molar-refractivity contribution in [2.45, 2.75) is 49.1 Å². The Bertz CT molecular complexity index is 1510. The van der Waals surface area contributed by atoms with Gasteiger partial charge in [-0.2, -0.15) is 0 Å². The lowest BCUT2D eigenvalue weighted by Gasteiger charge is -2.20. The summed E-state index contributed by atoms with van der Waals surface area (Å²) in [5.41, 5.74) is 12.5. The van der Waals surface area contributed by atoms with E-state index in [0.29, 0.717) is 0 Å². The third-order valence-electron chi connectivity index (χ3n) is 6.80. The number of aliphatic hydroxyl groups excluding tert-OH is 4. The van der Waals surface area contributed by atoms with E-state index < -0.39 is 70.1 Å². The summed E-state index contributed by atoms with van der Waals surface area (Å²) in [5, 5.41) is 42.0. The van der Waals surface area contributed by atoms with Crippen molar-refractivity contribution in [3.05, 3.63) is 25.3 Å². The highest BCUT2D eigenvalue weighted by Crippen LogP contribution is 2.45. The number of aromatic nitrogens is 8. The number of hydrogen-bond acceptors (Lipinski definition) is 17. The van der Waals surface area contributed by atoms with Gasteiger partial charge in [0.25, 0.3) is 0 Å². The Morgan fingerprint density at radius 2 is 1.15 bits per heavy atom. The molecule has 4 aromatic rings. The molecule has 6 rings (SSSR count). The second kappa shape index (κ2) is 10.4. The van der Waals surface area contributed by atoms with Crippen molar-refractivity contribution in [1.82, 2.24) is 39.0 Å². The SMILES string of the molecule is Nc1ncnc2c1ncn2[C@@H]1O[C@H](COP(=O)(O)OCC2O[C@@H](n3cnc4c(N)ncnc43)[C@H](O)[C@@H]2O)[C@@H](O)[C@H]1O. The fourth-order valence-corrected chi connectivity index (χ4v) is 5.42. The van der Waals surface area contributed by atoms with Crippen molar-refractivity contribution in [2.24, 2.45) is 0 Å². The normalized spacial score (nSPS) is 31.7. The maximum absolute atomic E-state index is 12.6. The molecule has 4 aromatic heterocycles. The second-order valence-corrected chi connectivity index (χ2v) is 10.8. The summed E-state index contributed by atoms with van der Waals surface area (Å²) in [6, 6.07) is 0. The largest absolute Gasteiger partial charge is 0.472 e. The summed E-state index contributed by atoms with van der Waals surface area (Å²) >= 11 is 0. The number of nitrogen functional groups attached to an aromatic ring is 2. The van der Waals surface area contributed by atoms with Crippen LogP contribution in [0.5, 0.6) is 0 Å². The Morgan fingerprint density at radius 3 is 1.56 bits per heavy atom. The number of imidazole rings is 2. The molecule has 0 bridgehead atoms. The summed E-state index contributed by atoms with van der Waals surface area (Å²) in [6.07, 6.45) is -5.85. The summed E-state index contributed by atoms with van der Waals surface area (Å²) in [5.74, 6) is 0.208. The lowest BCUT2D eigenvalue weighted by atomic mass is 10.1. The average molecular weight is 596 g/mol. The molecule has 9 N–H and O–H groups in total. The van der Waals surface area contributed by atoms with Gasteiger partial charge < -0.3 is 46.3 Å². The van der Waals surface area contributed by atoms with Gasteiger partial charge in [-0.3, -0.25) is 18.2 Å². The van der Waals surface area contributed by atoms with Crippen molar-refractivity contribution < 1.29 is 48.4 Å². The van der Waals surface area contributed by atoms with Gasteiger partial charge in [0, 0.05) is 0 Å². The van der Waals surface area contributed by atoms with E-state index in [4.69, 9.17) is 30.0 Å². The standard InChI is InChI=1S/C20H25N10O10P/c21-15-9-17(25-3-23-15)29(5-27-9)19-13(33)11(31)7(39-19)1-37-41(35,36)38-2-8-12(32)14(34)20(40-8)30-6-28-10-16(22)24-4-26-18(10)30/h3-8,11-14,19-20,31-34H,1-2H2,(H,35,36)(H2,21,23,25)(H2,22,24,26)/t7-,8?,11-,12-,13-,14-,19-,20-/m1/s1. The lowest BCUT2D eigenvalue weighted by Crippen LogP contribution is -2.34. The van der Waals surface area contributed by atoms with Crippen LogP contribution in [0.1, 0.15) is 12.5 Å². The van der Waals surface area contributed by atoms with Crippen molar-refractivity contribution in [2.75, 3.05) is 24.7 Å². The van der Waals surface area contributed by atoms with E-state index in [-0.39, 0.29) is 34.0 Å². The monoisotopic (exact) mass is 596 g/mol. The van der Waals surface area contributed by atoms with Crippen LogP contribution in [0.25, 0.3) is 22.3 Å². The van der Waals surface area contributed by atoms with Gasteiger partial charge in [0.05, 0.1) is 25.9 Å². The second-order valence-electron chi connectivity index (χ2n) is 9.32. The highest BCUT2D eigenvalue weighted by molar-refractivity contribution is 7.47. The van der Waals surface area contributed by atoms with Gasteiger partial charge in [-0.15, -0.1) is 0 Å². The maximum atomic E-state index is 12.6. The first-order valence-corrected chi connectivity index (χ1v) is 13.6. The van der Waals surface area contributed by atoms with Crippen LogP contribution in [0.2, 0.25) is 0 Å². The number of phosphoric acid groups is 1. The molecular weight excluding hydrogens is 571 g/mol. The molecule has 0 spiro atoms. The minimum Gasteiger partial charge on any atom is -0.387 e. The van der Waals surface area contributed by atoms with E-state index in [1.165, 1.54) is 34.4 Å². The first-order chi connectivity index (χ1) is 19.6. The highest BCUT2D eigenvalue weighted by Gasteiger charge is 2.47. The number of rotatable bonds is 8. The summed E-state index contributed by atoms with van der Waals surface area (Å²) < 4.78 is 36.5. The number of ether oxygens (including phenoxy) is 2. The van der Waals surface area contributed by atoms with Crippen LogP contribution in [0.15, 0.2) is 25.3 Å². The van der Waals surface area contributed by atoms with Gasteiger partial charge in [0.2, 0.25) is 0 Å². The Balaban J connectivity index is 1.07. The molecule has 20 nitrogen and oxygen atoms in total. The predicted octanol–water partition coefficient (Wildman–Crippen LogP) is -2.80. The van der Waals surface area contributed by atoms with Crippen LogP contribution in [0, 0.1) is 0 Å². The average Bonchev–Trinajstić information content (AvgIpc) is 3.70. The molecule has 0 aromatic carbocycles. The molecule has 2 unspecified atom stereocenters. The highest BCUT2D eigenvalue weighted by atomic mass is 31.2. The predicted molar refractivity (Wildman–Crippen MR) is 133 cm³/mol. The molecule has 0 radical (unpaired) electrons. The molecule has 41 heavy (non-hydrogen) atoms. The van der Waals surface area contributed by atoms with Crippen molar-refractivity contribution in [1.29, 1.82) is 0 Å². The van der Waals surface area contributed by atoms with Crippen LogP contribution < -0.4 is 11.5 Å². The third-order valence-corrected chi connectivity index (χ3v) is 7.75. The smallest absolute Gasteiger partial charge is 0.387 e. The third kappa shape index (κ3) is 4.89. The minimum absolute atomic E-state index is 0.104. The number of fused-ring (bicyclic) bond motifs is 2. The van der Waals surface area contributed by atoms with Gasteiger partial charge >= 0.3 is 7.82 Å². The minimum atomic E-state index is -4.80. The van der Waals surface area contributed by atoms with E-state index in [2.05, 4.69) is 29.9 Å². The van der Waals surface area contributed by atoms with E-state index in [9.17, 15) is 29.9 Å². The first kappa shape index (κ1) is 27.7. The van der Waals surface area contributed by atoms with Crippen LogP contribution in [-0.4, -0.2) is 114 Å². The fraction of sp³-hybridized carbons (Fsp3) is 0.500. The molecule has 2 aliphatic rings. The first-order valence-electron chi connectivity index (χ1n) is 12.1. The number of nitrogens with two attached hydrogens (primary N) is 2. The molecule has 21 heteroatoms. The Labute approximate surface area is 228 Å². The Kier molecular flexibility index (Phi) is 7.06. The summed E-state index contributed by atoms with van der Waals surface area (Å²) in [4.78, 5) is 34.2. The molecule has 0 saturated carbocycles. The fourth-order valence-electron chi connectivity index (χ4n) is 4.68.